The van der Waals surface area contributed by atoms with Gasteiger partial charge in [0.2, 0.25) is 0 Å². The summed E-state index contributed by atoms with van der Waals surface area (Å²) in [7, 11) is 1.78. The fraction of sp³-hybridized carbons (Fsp3) is 0.366. The Morgan fingerprint density at radius 2 is 1.69 bits per heavy atom. The molecule has 0 spiro atoms. The van der Waals surface area contributed by atoms with Crippen molar-refractivity contribution in [1.29, 1.82) is 0 Å². The molecule has 250 valence electrons. The average Bonchev–Trinajstić information content (AvgIpc) is 3.75. The van der Waals surface area contributed by atoms with E-state index in [2.05, 4.69) is 82.6 Å². The van der Waals surface area contributed by atoms with E-state index < -0.39 is 0 Å². The third-order valence-corrected chi connectivity index (χ3v) is 11.1. The molecule has 0 unspecified atom stereocenters. The van der Waals surface area contributed by atoms with Crippen LogP contribution in [-0.4, -0.2) is 74.1 Å². The number of benzene rings is 4. The van der Waals surface area contributed by atoms with Crippen LogP contribution in [0, 0.1) is 0 Å². The molecule has 0 aliphatic carbocycles. The fourth-order valence-corrected chi connectivity index (χ4v) is 8.35. The van der Waals surface area contributed by atoms with E-state index in [9.17, 15) is 5.11 Å². The lowest BCUT2D eigenvalue weighted by Crippen LogP contribution is -2.35. The highest BCUT2D eigenvalue weighted by Crippen LogP contribution is 2.42. The highest BCUT2D eigenvalue weighted by molar-refractivity contribution is 7.22. The van der Waals surface area contributed by atoms with E-state index in [0.29, 0.717) is 12.6 Å². The predicted octanol–water partition coefficient (Wildman–Crippen LogP) is 7.58. The summed E-state index contributed by atoms with van der Waals surface area (Å²) in [6.45, 7) is 7.24. The summed E-state index contributed by atoms with van der Waals surface area (Å²) in [6, 6.07) is 33.1. The van der Waals surface area contributed by atoms with Crippen LogP contribution in [0.3, 0.4) is 0 Å². The second kappa shape index (κ2) is 15.7. The van der Waals surface area contributed by atoms with Gasteiger partial charge in [-0.1, -0.05) is 66.7 Å². The highest BCUT2D eigenvalue weighted by Gasteiger charge is 2.23. The largest absolute Gasteiger partial charge is 0.496 e. The molecule has 3 heterocycles. The van der Waals surface area contributed by atoms with E-state index in [1.165, 1.54) is 49.2 Å². The number of aliphatic hydroxyl groups is 1. The van der Waals surface area contributed by atoms with Crippen molar-refractivity contribution in [1.82, 2.24) is 9.80 Å². The summed E-state index contributed by atoms with van der Waals surface area (Å²) in [5.41, 5.74) is 7.53. The van der Waals surface area contributed by atoms with Gasteiger partial charge >= 0.3 is 0 Å². The van der Waals surface area contributed by atoms with Gasteiger partial charge in [-0.3, -0.25) is 9.80 Å². The van der Waals surface area contributed by atoms with Crippen molar-refractivity contribution < 1.29 is 19.3 Å². The SMILES string of the molecule is COc1cc(Cc2c(-c3ccc(CCN4CCC[C@@H]4CO)cc3)sc3cc(OCc4ccccc4)ccc23)ccc1CN1CCOCC1. The van der Waals surface area contributed by atoms with Crippen molar-refractivity contribution in [3.8, 4) is 21.9 Å². The second-order valence-corrected chi connectivity index (χ2v) is 14.1. The second-order valence-electron chi connectivity index (χ2n) is 13.0. The first-order chi connectivity index (χ1) is 23.7. The molecule has 7 rings (SSSR count). The Morgan fingerprint density at radius 1 is 0.875 bits per heavy atom. The lowest BCUT2D eigenvalue weighted by Gasteiger charge is -2.27. The van der Waals surface area contributed by atoms with Gasteiger partial charge in [0.05, 0.1) is 26.9 Å². The van der Waals surface area contributed by atoms with E-state index in [4.69, 9.17) is 14.2 Å². The molecule has 7 heteroatoms. The number of thiophene rings is 1. The normalized spacial score (nSPS) is 17.2. The molecule has 2 aliphatic heterocycles. The van der Waals surface area contributed by atoms with Crippen LogP contribution in [0.2, 0.25) is 0 Å². The number of rotatable bonds is 13. The van der Waals surface area contributed by atoms with Crippen LogP contribution in [-0.2, 0) is 30.7 Å². The van der Waals surface area contributed by atoms with Crippen LogP contribution >= 0.6 is 11.3 Å². The molecule has 4 aromatic carbocycles. The minimum atomic E-state index is 0.259. The molecule has 1 N–H and O–H groups in total. The molecule has 0 bridgehead atoms. The number of morpholine rings is 1. The van der Waals surface area contributed by atoms with Crippen LogP contribution in [0.5, 0.6) is 11.5 Å². The topological polar surface area (TPSA) is 54.4 Å². The molecule has 2 fully saturated rings. The molecule has 0 amide bonds. The van der Waals surface area contributed by atoms with Crippen LogP contribution in [0.1, 0.15) is 40.7 Å². The van der Waals surface area contributed by atoms with E-state index in [1.54, 1.807) is 7.11 Å². The zero-order valence-corrected chi connectivity index (χ0v) is 28.7. The number of ether oxygens (including phenoxy) is 3. The predicted molar refractivity (Wildman–Crippen MR) is 195 cm³/mol. The molecule has 2 saturated heterocycles. The Kier molecular flexibility index (Phi) is 10.7. The zero-order chi connectivity index (χ0) is 32.7. The van der Waals surface area contributed by atoms with Gasteiger partial charge in [-0.2, -0.15) is 0 Å². The molecule has 0 saturated carbocycles. The monoisotopic (exact) mass is 662 g/mol. The molecule has 2 aliphatic rings. The average molecular weight is 663 g/mol. The van der Waals surface area contributed by atoms with Crippen molar-refractivity contribution >= 4 is 21.4 Å². The number of nitrogens with zero attached hydrogens (tertiary/aromatic N) is 2. The number of methoxy groups -OCH3 is 1. The quantitative estimate of drug-likeness (QED) is 0.140. The van der Waals surface area contributed by atoms with Crippen LogP contribution in [0.15, 0.2) is 91.0 Å². The van der Waals surface area contributed by atoms with Gasteiger partial charge in [0.1, 0.15) is 18.1 Å². The molecular formula is C41H46N2O4S. The maximum absolute atomic E-state index is 9.74. The molecule has 48 heavy (non-hydrogen) atoms. The first kappa shape index (κ1) is 32.8. The maximum Gasteiger partial charge on any atom is 0.123 e. The molecular weight excluding hydrogens is 617 g/mol. The Bertz CT molecular complexity index is 1780. The number of likely N-dealkylation sites (tertiary alicyclic amines) is 1. The number of hydrogen-bond donors (Lipinski definition) is 1. The standard InChI is InChI=1S/C41H46N2O4S/c1-45-39-25-32(11-14-34(39)27-42-20-22-46-23-21-42)24-38-37-16-15-36(47-29-31-6-3-2-4-7-31)26-40(37)48-41(38)33-12-9-30(10-13-33)17-19-43-18-5-8-35(43)28-44/h2-4,6-7,9-16,25-26,35,44H,5,8,17-24,27-29H2,1H3/t35-/m1/s1. The summed E-state index contributed by atoms with van der Waals surface area (Å²) in [5, 5.41) is 11.0. The minimum Gasteiger partial charge on any atom is -0.496 e. The van der Waals surface area contributed by atoms with Gasteiger partial charge in [0, 0.05) is 47.4 Å². The first-order valence-electron chi connectivity index (χ1n) is 17.3. The molecule has 6 nitrogen and oxygen atoms in total. The summed E-state index contributed by atoms with van der Waals surface area (Å²) in [4.78, 5) is 6.17. The van der Waals surface area contributed by atoms with Gasteiger partial charge in [-0.05, 0) is 89.7 Å². The van der Waals surface area contributed by atoms with Crippen molar-refractivity contribution in [2.75, 3.05) is 53.1 Å². The third-order valence-electron chi connectivity index (χ3n) is 9.86. The van der Waals surface area contributed by atoms with Gasteiger partial charge in [-0.15, -0.1) is 11.3 Å². The van der Waals surface area contributed by atoms with E-state index >= 15 is 0 Å². The number of fused-ring (bicyclic) bond motifs is 1. The lowest BCUT2D eigenvalue weighted by molar-refractivity contribution is 0.0339. The number of aliphatic hydroxyl groups excluding tert-OH is 1. The van der Waals surface area contributed by atoms with E-state index in [-0.39, 0.29) is 6.61 Å². The van der Waals surface area contributed by atoms with Crippen LogP contribution < -0.4 is 9.47 Å². The summed E-state index contributed by atoms with van der Waals surface area (Å²) < 4.78 is 18.9. The van der Waals surface area contributed by atoms with Crippen molar-refractivity contribution in [3.05, 3.63) is 119 Å². The fourth-order valence-electron chi connectivity index (χ4n) is 7.10. The number of hydrogen-bond acceptors (Lipinski definition) is 7. The van der Waals surface area contributed by atoms with Gasteiger partial charge in [-0.25, -0.2) is 0 Å². The Labute approximate surface area is 288 Å². The van der Waals surface area contributed by atoms with Crippen molar-refractivity contribution in [2.24, 2.45) is 0 Å². The third kappa shape index (κ3) is 7.77. The van der Waals surface area contributed by atoms with Crippen LogP contribution in [0.25, 0.3) is 20.5 Å². The highest BCUT2D eigenvalue weighted by atomic mass is 32.1. The minimum absolute atomic E-state index is 0.259. The van der Waals surface area contributed by atoms with Gasteiger partial charge in [0.25, 0.3) is 0 Å². The molecule has 5 aromatic rings. The van der Waals surface area contributed by atoms with Crippen molar-refractivity contribution in [3.63, 3.8) is 0 Å². The molecule has 0 radical (unpaired) electrons. The van der Waals surface area contributed by atoms with Gasteiger partial charge < -0.3 is 19.3 Å². The van der Waals surface area contributed by atoms with E-state index in [0.717, 1.165) is 82.3 Å². The summed E-state index contributed by atoms with van der Waals surface area (Å²) >= 11 is 1.85. The molecule has 1 atom stereocenters. The first-order valence-corrected chi connectivity index (χ1v) is 18.1. The zero-order valence-electron chi connectivity index (χ0n) is 27.9. The van der Waals surface area contributed by atoms with Gasteiger partial charge in [0.15, 0.2) is 0 Å². The maximum atomic E-state index is 9.74. The Balaban J connectivity index is 1.16. The Morgan fingerprint density at radius 3 is 2.48 bits per heavy atom. The Hall–Kier alpha value is -3.72. The smallest absolute Gasteiger partial charge is 0.123 e. The summed E-state index contributed by atoms with van der Waals surface area (Å²) in [6.07, 6.45) is 4.09. The lowest BCUT2D eigenvalue weighted by atomic mass is 9.97. The summed E-state index contributed by atoms with van der Waals surface area (Å²) in [5.74, 6) is 1.83. The van der Waals surface area contributed by atoms with E-state index in [1.807, 2.05) is 29.5 Å². The van der Waals surface area contributed by atoms with Crippen LogP contribution in [0.4, 0.5) is 0 Å². The van der Waals surface area contributed by atoms with Crippen molar-refractivity contribution in [2.45, 2.75) is 44.9 Å². The molecule has 1 aromatic heterocycles.